The SMILES string of the molecule is C#C.CO.COc1ccc2nc(CCCCCC3CCCC3)c(=O)[nH]c2c1.C[C@@H]1CCN(C(=O)[C@@H](NC=O)C(C)(C)C)[C@@H]1C(N)=O.O=C(NS(=O)(=O)C1CC1)[C@H]1C[C@H]1CC(F)F. The molecule has 6 rings (SSSR count). The number of alkyl halides is 2. The lowest BCUT2D eigenvalue weighted by Gasteiger charge is -2.34. The Labute approximate surface area is 365 Å². The van der Waals surface area contributed by atoms with Gasteiger partial charge >= 0.3 is 0 Å². The normalized spacial score (nSPS) is 21.0. The van der Waals surface area contributed by atoms with Crippen molar-refractivity contribution < 1.29 is 46.2 Å². The van der Waals surface area contributed by atoms with Crippen molar-refractivity contribution in [2.45, 2.75) is 141 Å². The smallest absolute Gasteiger partial charge is 0.270 e. The van der Waals surface area contributed by atoms with Crippen LogP contribution < -0.4 is 26.1 Å². The number of nitrogens with one attached hydrogen (secondary N) is 3. The van der Waals surface area contributed by atoms with Gasteiger partial charge in [-0.05, 0) is 73.8 Å². The number of hydrogen-bond acceptors (Lipinski definition) is 10. The number of primary amides is 1. The highest BCUT2D eigenvalue weighted by Crippen LogP contribution is 2.43. The zero-order valence-corrected chi connectivity index (χ0v) is 37.9. The number of aromatic amines is 1. The van der Waals surface area contributed by atoms with E-state index in [-0.39, 0.29) is 29.7 Å². The number of sulfonamides is 1. The third kappa shape index (κ3) is 16.6. The number of aliphatic hydroxyl groups is 1. The van der Waals surface area contributed by atoms with Crippen molar-refractivity contribution in [1.29, 1.82) is 0 Å². The number of fused-ring (bicyclic) bond motifs is 1. The fourth-order valence-electron chi connectivity index (χ4n) is 7.89. The van der Waals surface area contributed by atoms with Gasteiger partial charge in [-0.15, -0.1) is 12.8 Å². The number of halogens is 2. The van der Waals surface area contributed by atoms with Crippen molar-refractivity contribution in [3.05, 3.63) is 34.2 Å². The second-order valence-corrected chi connectivity index (χ2v) is 19.3. The first-order valence-electron chi connectivity index (χ1n) is 21.3. The number of amides is 4. The summed E-state index contributed by atoms with van der Waals surface area (Å²) in [4.78, 5) is 67.2. The molecule has 0 spiro atoms. The predicted octanol–water partition coefficient (Wildman–Crippen LogP) is 4.84. The number of terminal acetylenes is 1. The minimum Gasteiger partial charge on any atom is -0.497 e. The number of likely N-dealkylation sites (tertiary alicyclic amines) is 1. The van der Waals surface area contributed by atoms with Crippen LogP contribution in [0.15, 0.2) is 23.0 Å². The summed E-state index contributed by atoms with van der Waals surface area (Å²) in [5.74, 6) is -0.487. The first-order chi connectivity index (χ1) is 29.4. The average molecular weight is 895 g/mol. The third-order valence-electron chi connectivity index (χ3n) is 11.5. The van der Waals surface area contributed by atoms with E-state index in [2.05, 4.69) is 28.1 Å². The van der Waals surface area contributed by atoms with E-state index in [0.717, 1.165) is 49.1 Å². The Morgan fingerprint density at radius 3 is 2.27 bits per heavy atom. The maximum atomic E-state index is 12.5. The van der Waals surface area contributed by atoms with Crippen molar-refractivity contribution in [3.63, 3.8) is 0 Å². The van der Waals surface area contributed by atoms with Crippen molar-refractivity contribution in [2.75, 3.05) is 20.8 Å². The molecule has 2 heterocycles. The largest absolute Gasteiger partial charge is 0.497 e. The number of nitrogens with two attached hydrogens (primary N) is 1. The van der Waals surface area contributed by atoms with Crippen LogP contribution in [0.3, 0.4) is 0 Å². The zero-order valence-electron chi connectivity index (χ0n) is 37.0. The molecule has 1 aromatic heterocycles. The van der Waals surface area contributed by atoms with Crippen LogP contribution in [0.25, 0.3) is 11.0 Å². The maximum Gasteiger partial charge on any atom is 0.270 e. The van der Waals surface area contributed by atoms with E-state index in [1.54, 1.807) is 7.11 Å². The monoisotopic (exact) mass is 894 g/mol. The quantitative estimate of drug-likeness (QED) is 0.0875. The summed E-state index contributed by atoms with van der Waals surface area (Å²) in [5.41, 5.74) is 7.10. The average Bonchev–Trinajstić information content (AvgIpc) is 4.13. The lowest BCUT2D eigenvalue weighted by Crippen LogP contribution is -2.56. The number of methoxy groups -OCH3 is 1. The molecule has 6 N–H and O–H groups in total. The highest BCUT2D eigenvalue weighted by atomic mass is 32.2. The topological polar surface area (TPSA) is 231 Å². The van der Waals surface area contributed by atoms with Crippen molar-refractivity contribution in [1.82, 2.24) is 24.9 Å². The number of nitrogens with zero attached hydrogens (tertiary/aromatic N) is 2. The van der Waals surface area contributed by atoms with Crippen LogP contribution >= 0.6 is 0 Å². The number of carbonyl (C=O) groups is 4. The van der Waals surface area contributed by atoms with Crippen LogP contribution in [0.4, 0.5) is 8.78 Å². The molecule has 1 saturated heterocycles. The number of ether oxygens (including phenoxy) is 1. The lowest BCUT2D eigenvalue weighted by molar-refractivity contribution is -0.142. The molecule has 348 valence electrons. The summed E-state index contributed by atoms with van der Waals surface area (Å²) in [5, 5.41) is 9.09. The van der Waals surface area contributed by atoms with Gasteiger partial charge in [0.25, 0.3) is 5.56 Å². The Kier molecular flexibility index (Phi) is 22.0. The molecule has 15 nitrogen and oxygen atoms in total. The number of rotatable bonds is 16. The number of aromatic nitrogens is 2. The molecule has 4 fully saturated rings. The summed E-state index contributed by atoms with van der Waals surface area (Å²) in [6, 6.07) is 4.35. The number of unbranched alkanes of at least 4 members (excludes halogenated alkanes) is 2. The van der Waals surface area contributed by atoms with E-state index in [9.17, 15) is 41.2 Å². The summed E-state index contributed by atoms with van der Waals surface area (Å²) < 4.78 is 53.9. The minimum absolute atomic E-state index is 0.0540. The van der Waals surface area contributed by atoms with Gasteiger partial charge in [-0.25, -0.2) is 22.2 Å². The Bertz CT molecular complexity index is 1950. The molecule has 62 heavy (non-hydrogen) atoms. The van der Waals surface area contributed by atoms with Gasteiger partial charge in [0.05, 0.1) is 23.4 Å². The van der Waals surface area contributed by atoms with Gasteiger partial charge in [-0.3, -0.25) is 28.7 Å². The van der Waals surface area contributed by atoms with Crippen molar-refractivity contribution in [3.8, 4) is 18.6 Å². The van der Waals surface area contributed by atoms with Crippen molar-refractivity contribution >= 4 is 45.2 Å². The number of carbonyl (C=O) groups excluding carboxylic acids is 4. The predicted molar refractivity (Wildman–Crippen MR) is 234 cm³/mol. The van der Waals surface area contributed by atoms with Gasteiger partial charge in [0.2, 0.25) is 40.6 Å². The van der Waals surface area contributed by atoms with Gasteiger partial charge in [-0.1, -0.05) is 72.6 Å². The molecule has 0 radical (unpaired) electrons. The second-order valence-electron chi connectivity index (χ2n) is 17.3. The molecule has 5 atom stereocenters. The number of aliphatic hydroxyl groups excluding tert-OH is 1. The minimum atomic E-state index is -3.53. The molecular weight excluding hydrogens is 827 g/mol. The summed E-state index contributed by atoms with van der Waals surface area (Å²) in [6.45, 7) is 8.00. The Morgan fingerprint density at radius 2 is 1.73 bits per heavy atom. The molecule has 0 unspecified atom stereocenters. The van der Waals surface area contributed by atoms with Crippen LogP contribution in [0, 0.1) is 41.9 Å². The molecule has 4 aliphatic rings. The van der Waals surface area contributed by atoms with E-state index in [1.807, 2.05) is 50.6 Å². The summed E-state index contributed by atoms with van der Waals surface area (Å²) >= 11 is 0. The van der Waals surface area contributed by atoms with E-state index in [4.69, 9.17) is 15.6 Å². The zero-order chi connectivity index (χ0) is 46.8. The van der Waals surface area contributed by atoms with Crippen LogP contribution in [0.5, 0.6) is 5.75 Å². The molecule has 1 aromatic carbocycles. The molecule has 3 aliphatic carbocycles. The standard InChI is InChI=1S/C19H26N2O2.C13H23N3O3.C9H13F2NO3S.C2H2.CH4O/c1-23-15-11-12-16-18(13-15)21-19(22)17(20-16)10-4-2-3-7-14-8-5-6-9-14;1-8-5-6-16(9(8)11(14)18)12(19)10(15-7-17)13(2,3)4;10-8(11)4-5-3-7(5)9(13)12-16(14,15)6-1-2-6;2*1-2/h11-14H,2-10H2,1H3,(H,21,22);7-10H,5-6H2,1-4H3,(H2,14,18)(H,15,17);5-8H,1-4H2,(H,12,13);1-2H;2H,1H3/t;8-,9+,10-;5-,7-;;/m.10../s1. The fourth-order valence-corrected chi connectivity index (χ4v) is 9.25. The van der Waals surface area contributed by atoms with Crippen LogP contribution in [0.2, 0.25) is 0 Å². The first kappa shape index (κ1) is 53.5. The summed E-state index contributed by atoms with van der Waals surface area (Å²) in [6.07, 6.45) is 19.4. The Hall–Kier alpha value is -4.63. The van der Waals surface area contributed by atoms with Gasteiger partial charge < -0.3 is 30.8 Å². The highest BCUT2D eigenvalue weighted by molar-refractivity contribution is 7.90. The second kappa shape index (κ2) is 25.5. The van der Waals surface area contributed by atoms with Gasteiger partial charge in [0.15, 0.2) is 0 Å². The number of hydrogen-bond donors (Lipinski definition) is 5. The maximum absolute atomic E-state index is 12.5. The molecule has 2 aromatic rings. The molecule has 0 bridgehead atoms. The van der Waals surface area contributed by atoms with Gasteiger partial charge in [0.1, 0.15) is 23.5 Å². The van der Waals surface area contributed by atoms with Gasteiger partial charge in [-0.2, -0.15) is 0 Å². The lowest BCUT2D eigenvalue weighted by atomic mass is 9.85. The number of aryl methyl sites for hydroxylation is 1. The number of H-pyrrole nitrogens is 1. The summed E-state index contributed by atoms with van der Waals surface area (Å²) in [7, 11) is -0.913. The van der Waals surface area contributed by atoms with Crippen molar-refractivity contribution in [2.24, 2.45) is 34.8 Å². The number of benzene rings is 1. The Balaban J connectivity index is 0.000000312. The van der Waals surface area contributed by atoms with Crippen LogP contribution in [-0.4, -0.2) is 97.0 Å². The highest BCUT2D eigenvalue weighted by Gasteiger charge is 2.47. The first-order valence-corrected chi connectivity index (χ1v) is 22.9. The third-order valence-corrected chi connectivity index (χ3v) is 13.4. The van der Waals surface area contributed by atoms with E-state index in [0.29, 0.717) is 37.9 Å². The van der Waals surface area contributed by atoms with E-state index < -0.39 is 56.9 Å². The van der Waals surface area contributed by atoms with Gasteiger partial charge in [0, 0.05) is 32.1 Å². The molecule has 3 saturated carbocycles. The van der Waals surface area contributed by atoms with Crippen LogP contribution in [-0.2, 0) is 35.6 Å². The van der Waals surface area contributed by atoms with Crippen LogP contribution in [0.1, 0.15) is 117 Å². The molecule has 18 heteroatoms. The van der Waals surface area contributed by atoms with E-state index >= 15 is 0 Å². The van der Waals surface area contributed by atoms with E-state index in [1.165, 1.54) is 49.8 Å². The fraction of sp³-hybridized carbons (Fsp3) is 0.682. The molecule has 1 aliphatic heterocycles. The molecular formula is C44H68F2N6O9S. The Morgan fingerprint density at radius 1 is 1.08 bits per heavy atom. The molecule has 4 amide bonds.